The lowest BCUT2D eigenvalue weighted by atomic mass is 10.1. The van der Waals surface area contributed by atoms with Gasteiger partial charge in [0.15, 0.2) is 5.75 Å². The summed E-state index contributed by atoms with van der Waals surface area (Å²) in [5.74, 6) is 1.14. The summed E-state index contributed by atoms with van der Waals surface area (Å²) in [6, 6.07) is 19.3. The van der Waals surface area contributed by atoms with Gasteiger partial charge in [0.25, 0.3) is 0 Å². The first kappa shape index (κ1) is 27.0. The first-order valence-corrected chi connectivity index (χ1v) is 12.1. The Labute approximate surface area is 223 Å². The Morgan fingerprint density at radius 2 is 1.64 bits per heavy atom. The lowest BCUT2D eigenvalue weighted by molar-refractivity contribution is -0.114. The second-order valence-electron chi connectivity index (χ2n) is 8.91. The monoisotopic (exact) mass is 529 g/mol. The Bertz CT molecular complexity index is 1700. The summed E-state index contributed by atoms with van der Waals surface area (Å²) in [5, 5.41) is 13.9. The number of fused-ring (bicyclic) bond motifs is 2. The first-order chi connectivity index (χ1) is 18.7. The molecule has 5 rings (SSSR count). The van der Waals surface area contributed by atoms with Crippen LogP contribution < -0.4 is 20.4 Å². The van der Waals surface area contributed by atoms with E-state index in [2.05, 4.69) is 5.32 Å². The smallest absolute Gasteiger partial charge is 0.347 e. The van der Waals surface area contributed by atoms with Crippen molar-refractivity contribution in [2.24, 2.45) is 0 Å². The van der Waals surface area contributed by atoms with E-state index in [1.54, 1.807) is 55.6 Å². The Hall–Kier alpha value is -5.05. The number of para-hydroxylation sites is 1. The fourth-order valence-electron chi connectivity index (χ4n) is 3.86. The second-order valence-corrected chi connectivity index (χ2v) is 8.91. The van der Waals surface area contributed by atoms with Crippen molar-refractivity contribution >= 4 is 39.5 Å². The zero-order valence-corrected chi connectivity index (χ0v) is 21.8. The predicted molar refractivity (Wildman–Crippen MR) is 147 cm³/mol. The van der Waals surface area contributed by atoms with Gasteiger partial charge in [-0.3, -0.25) is 4.79 Å². The molecule has 0 aliphatic heterocycles. The topological polar surface area (TPSA) is 128 Å². The quantitative estimate of drug-likeness (QED) is 0.156. The third-order valence-corrected chi connectivity index (χ3v) is 5.65. The van der Waals surface area contributed by atoms with Crippen LogP contribution in [0.1, 0.15) is 42.8 Å². The Kier molecular flexibility index (Phi) is 8.00. The van der Waals surface area contributed by atoms with Gasteiger partial charge in [0.2, 0.25) is 5.91 Å². The van der Waals surface area contributed by atoms with Crippen LogP contribution in [0.3, 0.4) is 0 Å². The number of carbonyl (C=O) groups is 2. The van der Waals surface area contributed by atoms with Crippen LogP contribution in [0, 0.1) is 0 Å². The summed E-state index contributed by atoms with van der Waals surface area (Å²) in [4.78, 5) is 34.0. The van der Waals surface area contributed by atoms with Gasteiger partial charge >= 0.3 is 11.6 Å². The molecule has 0 fully saturated rings. The molecule has 0 bridgehead atoms. The van der Waals surface area contributed by atoms with Crippen LogP contribution in [0.4, 0.5) is 5.69 Å². The van der Waals surface area contributed by atoms with Crippen molar-refractivity contribution in [3.63, 3.8) is 0 Å². The van der Waals surface area contributed by atoms with Gasteiger partial charge < -0.3 is 28.7 Å². The van der Waals surface area contributed by atoms with Crippen molar-refractivity contribution in [2.75, 3.05) is 12.4 Å². The van der Waals surface area contributed by atoms with E-state index in [0.717, 1.165) is 22.3 Å². The molecule has 0 saturated carbocycles. The highest BCUT2D eigenvalue weighted by molar-refractivity contribution is 5.97. The minimum absolute atomic E-state index is 0.0958. The van der Waals surface area contributed by atoms with Gasteiger partial charge in [-0.1, -0.05) is 26.0 Å². The lowest BCUT2D eigenvalue weighted by Gasteiger charge is -2.07. The van der Waals surface area contributed by atoms with Crippen LogP contribution in [0.5, 0.6) is 17.2 Å². The van der Waals surface area contributed by atoms with E-state index in [1.165, 1.54) is 25.1 Å². The molecule has 200 valence electrons. The largest absolute Gasteiger partial charge is 0.507 e. The van der Waals surface area contributed by atoms with Crippen LogP contribution in [-0.2, 0) is 4.79 Å². The van der Waals surface area contributed by atoms with Crippen molar-refractivity contribution < 1.29 is 33.0 Å². The van der Waals surface area contributed by atoms with Gasteiger partial charge in [0.1, 0.15) is 34.0 Å². The number of aromatic hydroxyl groups is 1. The summed E-state index contributed by atoms with van der Waals surface area (Å²) in [5.41, 5.74) is 1.53. The van der Waals surface area contributed by atoms with Crippen LogP contribution in [0.2, 0.25) is 0 Å². The van der Waals surface area contributed by atoms with Gasteiger partial charge in [-0.05, 0) is 48.5 Å². The Morgan fingerprint density at radius 3 is 2.28 bits per heavy atom. The molecule has 0 unspecified atom stereocenters. The minimum Gasteiger partial charge on any atom is -0.507 e. The molecule has 5 aromatic rings. The summed E-state index contributed by atoms with van der Waals surface area (Å²) in [6.07, 6.45) is 0. The average Bonchev–Trinajstić information content (AvgIpc) is 3.26. The number of ether oxygens (including phenoxy) is 2. The number of phenolic OH excluding ortho intramolecular Hbond substituents is 1. The highest BCUT2D eigenvalue weighted by Gasteiger charge is 2.18. The molecular weight excluding hydrogens is 502 g/mol. The Morgan fingerprint density at radius 1 is 0.923 bits per heavy atom. The number of hydrogen-bond donors (Lipinski definition) is 2. The molecule has 0 atom stereocenters. The van der Waals surface area contributed by atoms with Crippen LogP contribution in [0.25, 0.3) is 21.9 Å². The number of anilines is 1. The molecule has 1 amide bonds. The third-order valence-electron chi connectivity index (χ3n) is 5.65. The fraction of sp³-hybridized carbons (Fsp3) is 0.167. The molecule has 0 spiro atoms. The number of hydrogen-bond acceptors (Lipinski definition) is 8. The van der Waals surface area contributed by atoms with E-state index in [4.69, 9.17) is 18.3 Å². The van der Waals surface area contributed by atoms with E-state index in [0.29, 0.717) is 22.6 Å². The zero-order valence-electron chi connectivity index (χ0n) is 21.8. The van der Waals surface area contributed by atoms with E-state index < -0.39 is 5.97 Å². The standard InChI is InChI=1S/C15H13NO4.C15H14O4/c1-10(17)16-11-6-8-12(9-7-11)20-15(19)13-4-2-3-5-14(13)18;1-8(2)14-15(17-3)10-6-9-4-5-13(16)18-11(9)7-12(10)19-14/h2-9,18H,1H3,(H,16,17);4-8H,1-3H3. The average molecular weight is 530 g/mol. The molecule has 0 aliphatic carbocycles. The fourth-order valence-corrected chi connectivity index (χ4v) is 3.86. The van der Waals surface area contributed by atoms with Crippen LogP contribution >= 0.6 is 0 Å². The number of benzene rings is 3. The zero-order chi connectivity index (χ0) is 28.1. The van der Waals surface area contributed by atoms with Gasteiger partial charge in [0.05, 0.1) is 12.5 Å². The number of amides is 1. The minimum atomic E-state index is -0.643. The number of esters is 1. The number of rotatable bonds is 5. The highest BCUT2D eigenvalue weighted by Crippen LogP contribution is 2.38. The van der Waals surface area contributed by atoms with Crippen molar-refractivity contribution in [3.8, 4) is 17.2 Å². The van der Waals surface area contributed by atoms with Crippen molar-refractivity contribution in [3.05, 3.63) is 94.5 Å². The lowest BCUT2D eigenvalue weighted by Crippen LogP contribution is -2.09. The number of carbonyl (C=O) groups excluding carboxylic acids is 2. The highest BCUT2D eigenvalue weighted by atomic mass is 16.5. The van der Waals surface area contributed by atoms with Crippen LogP contribution in [0.15, 0.2) is 86.4 Å². The number of phenols is 1. The maximum atomic E-state index is 11.8. The third kappa shape index (κ3) is 6.27. The van der Waals surface area contributed by atoms with Crippen molar-refractivity contribution in [1.82, 2.24) is 0 Å². The summed E-state index contributed by atoms with van der Waals surface area (Å²) >= 11 is 0. The maximum Gasteiger partial charge on any atom is 0.347 e. The van der Waals surface area contributed by atoms with E-state index in [-0.39, 0.29) is 28.8 Å². The molecular formula is C30H27NO8. The second kappa shape index (κ2) is 11.6. The predicted octanol–water partition coefficient (Wildman–Crippen LogP) is 6.24. The SMILES string of the molecule is CC(=O)Nc1ccc(OC(=O)c2ccccc2O)cc1.COc1c(C(C)C)oc2cc3oc(=O)ccc3cc12. The van der Waals surface area contributed by atoms with Crippen LogP contribution in [-0.4, -0.2) is 24.1 Å². The van der Waals surface area contributed by atoms with Gasteiger partial charge in [0, 0.05) is 36.0 Å². The number of methoxy groups -OCH3 is 1. The molecule has 2 aromatic heterocycles. The number of nitrogens with one attached hydrogen (secondary N) is 1. The van der Waals surface area contributed by atoms with Gasteiger partial charge in [-0.25, -0.2) is 9.59 Å². The summed E-state index contributed by atoms with van der Waals surface area (Å²) in [7, 11) is 1.63. The molecule has 9 heteroatoms. The van der Waals surface area contributed by atoms with E-state index in [1.807, 2.05) is 19.9 Å². The maximum absolute atomic E-state index is 11.8. The molecule has 0 saturated heterocycles. The normalized spacial score (nSPS) is 10.7. The summed E-state index contributed by atoms with van der Waals surface area (Å²) in [6.45, 7) is 5.49. The van der Waals surface area contributed by atoms with Gasteiger partial charge in [-0.15, -0.1) is 0 Å². The van der Waals surface area contributed by atoms with Crippen molar-refractivity contribution in [2.45, 2.75) is 26.7 Å². The summed E-state index contributed by atoms with van der Waals surface area (Å²) < 4.78 is 21.5. The molecule has 39 heavy (non-hydrogen) atoms. The van der Waals surface area contributed by atoms with E-state index >= 15 is 0 Å². The molecule has 9 nitrogen and oxygen atoms in total. The molecule has 3 aromatic carbocycles. The Balaban J connectivity index is 0.000000181. The number of furan rings is 1. The molecule has 0 aliphatic rings. The molecule has 2 heterocycles. The van der Waals surface area contributed by atoms with Crippen molar-refractivity contribution in [1.29, 1.82) is 0 Å². The molecule has 2 N–H and O–H groups in total. The first-order valence-electron chi connectivity index (χ1n) is 12.1. The molecule has 0 radical (unpaired) electrons. The van der Waals surface area contributed by atoms with E-state index in [9.17, 15) is 19.5 Å². The van der Waals surface area contributed by atoms with Gasteiger partial charge in [-0.2, -0.15) is 0 Å².